The highest BCUT2D eigenvalue weighted by molar-refractivity contribution is 7.18. The molecule has 0 saturated carbocycles. The van der Waals surface area contributed by atoms with Crippen LogP contribution in [0.1, 0.15) is 30.2 Å². The minimum atomic E-state index is -0.694. The van der Waals surface area contributed by atoms with Crippen LogP contribution in [0.3, 0.4) is 0 Å². The van der Waals surface area contributed by atoms with Crippen LogP contribution in [0, 0.1) is 0 Å². The molecule has 0 radical (unpaired) electrons. The van der Waals surface area contributed by atoms with Gasteiger partial charge in [0.25, 0.3) is 5.56 Å². The Labute approximate surface area is 160 Å². The van der Waals surface area contributed by atoms with Crippen molar-refractivity contribution >= 4 is 39.3 Å². The number of thiophene rings is 1. The molecule has 1 aliphatic rings. The van der Waals surface area contributed by atoms with Gasteiger partial charge in [-0.1, -0.05) is 18.2 Å². The first-order valence-corrected chi connectivity index (χ1v) is 9.82. The van der Waals surface area contributed by atoms with Crippen molar-refractivity contribution in [1.82, 2.24) is 9.66 Å². The maximum absolute atomic E-state index is 13.2. The molecule has 0 unspecified atom stereocenters. The van der Waals surface area contributed by atoms with Gasteiger partial charge in [-0.25, -0.2) is 15.2 Å². The predicted molar refractivity (Wildman–Crippen MR) is 107 cm³/mol. The Bertz CT molecular complexity index is 1040. The summed E-state index contributed by atoms with van der Waals surface area (Å²) in [7, 11) is 0. The molecule has 1 aliphatic carbocycles. The number of carbonyl (C=O) groups excluding carboxylic acids is 1. The fraction of sp³-hybridized carbons (Fsp3) is 0.316. The number of para-hydroxylation sites is 1. The number of hydrogen-bond acceptors (Lipinski definition) is 6. The molecule has 0 saturated heterocycles. The third-order valence-corrected chi connectivity index (χ3v) is 5.68. The van der Waals surface area contributed by atoms with E-state index in [1.165, 1.54) is 4.88 Å². The zero-order valence-corrected chi connectivity index (χ0v) is 15.8. The number of aromatic nitrogens is 2. The number of carbonyl (C=O) groups is 1. The number of amides is 1. The summed E-state index contributed by atoms with van der Waals surface area (Å²) >= 11 is 1.57. The van der Waals surface area contributed by atoms with Gasteiger partial charge in [0.1, 0.15) is 4.83 Å². The second-order valence-corrected chi connectivity index (χ2v) is 7.37. The Hall–Kier alpha value is -2.87. The first kappa shape index (κ1) is 17.5. The van der Waals surface area contributed by atoms with E-state index in [1.807, 2.05) is 30.3 Å². The predicted octanol–water partition coefficient (Wildman–Crippen LogP) is 3.78. The lowest BCUT2D eigenvalue weighted by molar-refractivity contribution is 0.164. The Kier molecular flexibility index (Phi) is 4.81. The zero-order valence-electron chi connectivity index (χ0n) is 14.9. The average Bonchev–Trinajstić information content (AvgIpc) is 3.04. The molecule has 0 bridgehead atoms. The van der Waals surface area contributed by atoms with Crippen LogP contribution in [-0.2, 0) is 17.6 Å². The van der Waals surface area contributed by atoms with E-state index in [0.29, 0.717) is 10.2 Å². The highest BCUT2D eigenvalue weighted by atomic mass is 32.1. The number of nitrogens with one attached hydrogen (secondary N) is 2. The monoisotopic (exact) mass is 384 g/mol. The molecule has 0 aliphatic heterocycles. The fourth-order valence-electron chi connectivity index (χ4n) is 3.30. The number of nitrogens with zero attached hydrogens (tertiary/aromatic N) is 2. The van der Waals surface area contributed by atoms with Gasteiger partial charge in [0.05, 0.1) is 12.0 Å². The highest BCUT2D eigenvalue weighted by Crippen LogP contribution is 2.34. The summed E-state index contributed by atoms with van der Waals surface area (Å²) in [5.41, 5.74) is 4.07. The summed E-state index contributed by atoms with van der Waals surface area (Å²) in [6.07, 6.45) is 3.35. The Morgan fingerprint density at radius 2 is 2.04 bits per heavy atom. The van der Waals surface area contributed by atoms with Crippen molar-refractivity contribution in [1.29, 1.82) is 0 Å². The van der Waals surface area contributed by atoms with E-state index in [2.05, 4.69) is 15.7 Å². The quantitative estimate of drug-likeness (QED) is 0.715. The standard InChI is InChI=1S/C19H20N4O3S/c1-2-26-19(25)22-23-17(24)15-13-10-6-7-11-14(13)27-16(15)21-18(23)20-12-8-4-3-5-9-12/h3-5,8-9H,2,6-7,10-11H2,1H3,(H,20,21)(H,22,25). The molecule has 0 fully saturated rings. The van der Waals surface area contributed by atoms with Crippen LogP contribution >= 0.6 is 11.3 Å². The summed E-state index contributed by atoms with van der Waals surface area (Å²) in [4.78, 5) is 31.8. The van der Waals surface area contributed by atoms with Crippen molar-refractivity contribution in [2.75, 3.05) is 17.3 Å². The van der Waals surface area contributed by atoms with Crippen molar-refractivity contribution < 1.29 is 9.53 Å². The summed E-state index contributed by atoms with van der Waals surface area (Å²) in [6.45, 7) is 1.92. The average molecular weight is 384 g/mol. The molecular formula is C19H20N4O3S. The molecular weight excluding hydrogens is 364 g/mol. The van der Waals surface area contributed by atoms with Crippen LogP contribution in [-0.4, -0.2) is 22.4 Å². The van der Waals surface area contributed by atoms with E-state index in [-0.39, 0.29) is 18.1 Å². The molecule has 4 rings (SSSR count). The molecule has 7 nitrogen and oxygen atoms in total. The summed E-state index contributed by atoms with van der Waals surface area (Å²) < 4.78 is 6.10. The lowest BCUT2D eigenvalue weighted by atomic mass is 9.97. The van der Waals surface area contributed by atoms with Crippen LogP contribution in [0.2, 0.25) is 0 Å². The lowest BCUT2D eigenvalue weighted by Gasteiger charge is -2.15. The van der Waals surface area contributed by atoms with Crippen molar-refractivity contribution in [3.8, 4) is 0 Å². The summed E-state index contributed by atoms with van der Waals surface area (Å²) in [5, 5.41) is 3.72. The molecule has 140 valence electrons. The number of hydrogen-bond donors (Lipinski definition) is 2. The normalized spacial score (nSPS) is 13.2. The van der Waals surface area contributed by atoms with Gasteiger partial charge in [-0.2, -0.15) is 4.68 Å². The number of fused-ring (bicyclic) bond motifs is 3. The van der Waals surface area contributed by atoms with Crippen molar-refractivity contribution in [3.63, 3.8) is 0 Å². The minimum absolute atomic E-state index is 0.214. The maximum Gasteiger partial charge on any atom is 0.426 e. The largest absolute Gasteiger partial charge is 0.449 e. The molecule has 8 heteroatoms. The van der Waals surface area contributed by atoms with Gasteiger partial charge in [-0.05, 0) is 50.3 Å². The maximum atomic E-state index is 13.2. The Balaban J connectivity index is 1.86. The zero-order chi connectivity index (χ0) is 18.8. The molecule has 1 amide bonds. The molecule has 2 heterocycles. The number of ether oxygens (including phenoxy) is 1. The van der Waals surface area contributed by atoms with Gasteiger partial charge in [0, 0.05) is 10.6 Å². The molecule has 0 spiro atoms. The molecule has 3 aromatic rings. The number of aryl methyl sites for hydroxylation is 2. The van der Waals surface area contributed by atoms with E-state index in [0.717, 1.165) is 41.6 Å². The number of benzene rings is 1. The second-order valence-electron chi connectivity index (χ2n) is 6.29. The second kappa shape index (κ2) is 7.40. The summed E-state index contributed by atoms with van der Waals surface area (Å²) in [5.74, 6) is 0.255. The van der Waals surface area contributed by atoms with E-state index in [4.69, 9.17) is 4.74 Å². The van der Waals surface area contributed by atoms with Crippen LogP contribution < -0.4 is 16.3 Å². The van der Waals surface area contributed by atoms with Crippen molar-refractivity contribution in [3.05, 3.63) is 51.1 Å². The molecule has 2 aromatic heterocycles. The molecule has 2 N–H and O–H groups in total. The van der Waals surface area contributed by atoms with Crippen LogP contribution in [0.15, 0.2) is 35.1 Å². The van der Waals surface area contributed by atoms with Crippen LogP contribution in [0.25, 0.3) is 10.2 Å². The lowest BCUT2D eigenvalue weighted by Crippen LogP contribution is -2.35. The van der Waals surface area contributed by atoms with E-state index in [9.17, 15) is 9.59 Å². The number of rotatable bonds is 4. The van der Waals surface area contributed by atoms with Gasteiger partial charge in [-0.15, -0.1) is 11.3 Å². The van der Waals surface area contributed by atoms with Crippen molar-refractivity contribution in [2.45, 2.75) is 32.6 Å². The van der Waals surface area contributed by atoms with Gasteiger partial charge < -0.3 is 10.1 Å². The number of anilines is 2. The van der Waals surface area contributed by atoms with Gasteiger partial charge in [-0.3, -0.25) is 4.79 Å². The Morgan fingerprint density at radius 3 is 2.81 bits per heavy atom. The van der Waals surface area contributed by atoms with Crippen LogP contribution in [0.4, 0.5) is 16.4 Å². The first-order chi connectivity index (χ1) is 13.2. The third kappa shape index (κ3) is 3.40. The van der Waals surface area contributed by atoms with E-state index >= 15 is 0 Å². The fourth-order valence-corrected chi connectivity index (χ4v) is 4.55. The molecule has 1 aromatic carbocycles. The molecule has 27 heavy (non-hydrogen) atoms. The third-order valence-electron chi connectivity index (χ3n) is 4.50. The SMILES string of the molecule is CCOC(=O)Nn1c(Nc2ccccc2)nc2sc3c(c2c1=O)CCCC3. The first-order valence-electron chi connectivity index (χ1n) is 9.00. The van der Waals surface area contributed by atoms with Crippen LogP contribution in [0.5, 0.6) is 0 Å². The smallest absolute Gasteiger partial charge is 0.426 e. The van der Waals surface area contributed by atoms with E-state index in [1.54, 1.807) is 18.3 Å². The topological polar surface area (TPSA) is 85.2 Å². The Morgan fingerprint density at radius 1 is 1.26 bits per heavy atom. The molecule has 0 atom stereocenters. The van der Waals surface area contributed by atoms with Gasteiger partial charge >= 0.3 is 6.09 Å². The van der Waals surface area contributed by atoms with Gasteiger partial charge in [0.2, 0.25) is 5.95 Å². The minimum Gasteiger partial charge on any atom is -0.449 e. The van der Waals surface area contributed by atoms with Crippen molar-refractivity contribution in [2.24, 2.45) is 0 Å². The summed E-state index contributed by atoms with van der Waals surface area (Å²) in [6, 6.07) is 9.39. The highest BCUT2D eigenvalue weighted by Gasteiger charge is 2.23. The van der Waals surface area contributed by atoms with Gasteiger partial charge in [0.15, 0.2) is 0 Å². The van der Waals surface area contributed by atoms with E-state index < -0.39 is 6.09 Å².